The molecule has 8 nitrogen and oxygen atoms in total. The summed E-state index contributed by atoms with van der Waals surface area (Å²) in [7, 11) is 2.97. The number of rotatable bonds is 8. The monoisotopic (exact) mass is 460 g/mol. The van der Waals surface area contributed by atoms with Gasteiger partial charge in [0.05, 0.1) is 23.3 Å². The summed E-state index contributed by atoms with van der Waals surface area (Å²) in [4.78, 5) is 21.3. The van der Waals surface area contributed by atoms with Gasteiger partial charge >= 0.3 is 0 Å². The molecule has 1 atom stereocenters. The first-order valence-corrected chi connectivity index (χ1v) is 10.3. The predicted octanol–water partition coefficient (Wildman–Crippen LogP) is 3.50. The van der Waals surface area contributed by atoms with Crippen LogP contribution >= 0.6 is 11.6 Å². The summed E-state index contributed by atoms with van der Waals surface area (Å²) in [6, 6.07) is 8.02. The second-order valence-corrected chi connectivity index (χ2v) is 7.76. The zero-order valence-electron chi connectivity index (χ0n) is 17.6. The van der Waals surface area contributed by atoms with Crippen molar-refractivity contribution >= 4 is 39.8 Å². The lowest BCUT2D eigenvalue weighted by molar-refractivity contribution is -0.137. The standard InChI is InChI=1S/C22H22ClFN4O4/c1-30-10-19(29)22(6-7-25-11-22)32-18-9-16-13(8-17(18)31-2)21(27-12-26-16)28-15-5-3-4-14(23)20(15)24/h3-5,8-9,12,25H,6-7,10-11H2,1-2H3,(H,26,27,28)/t22-/m1/s1. The molecule has 1 aromatic heterocycles. The SMILES string of the molecule is COCC(=O)[C@@]1(Oc2cc3ncnc(Nc4cccc(Cl)c4F)c3cc2OC)CCNC1. The summed E-state index contributed by atoms with van der Waals surface area (Å²) < 4.78 is 31.2. The number of ether oxygens (including phenoxy) is 3. The average molecular weight is 461 g/mol. The van der Waals surface area contributed by atoms with Gasteiger partial charge in [0.1, 0.15) is 18.8 Å². The molecule has 1 aliphatic rings. The summed E-state index contributed by atoms with van der Waals surface area (Å²) in [6.45, 7) is 0.951. The second kappa shape index (κ2) is 9.23. The molecule has 4 rings (SSSR count). The molecule has 32 heavy (non-hydrogen) atoms. The fourth-order valence-corrected chi connectivity index (χ4v) is 3.83. The maximum Gasteiger partial charge on any atom is 0.203 e. The molecule has 0 saturated carbocycles. The van der Waals surface area contributed by atoms with E-state index in [2.05, 4.69) is 20.6 Å². The Morgan fingerprint density at radius 2 is 2.12 bits per heavy atom. The third kappa shape index (κ3) is 4.19. The lowest BCUT2D eigenvalue weighted by atomic mass is 9.97. The molecule has 2 heterocycles. The van der Waals surface area contributed by atoms with E-state index in [9.17, 15) is 9.18 Å². The molecule has 0 aliphatic carbocycles. The van der Waals surface area contributed by atoms with Crippen LogP contribution in [0.3, 0.4) is 0 Å². The minimum atomic E-state index is -1.06. The van der Waals surface area contributed by atoms with Crippen LogP contribution in [0.25, 0.3) is 10.9 Å². The zero-order valence-corrected chi connectivity index (χ0v) is 18.3. The van der Waals surface area contributed by atoms with Gasteiger partial charge in [-0.3, -0.25) is 4.79 Å². The molecule has 0 spiro atoms. The van der Waals surface area contributed by atoms with Crippen LogP contribution < -0.4 is 20.1 Å². The Kier molecular flexibility index (Phi) is 6.40. The van der Waals surface area contributed by atoms with Gasteiger partial charge in [-0.1, -0.05) is 17.7 Å². The highest BCUT2D eigenvalue weighted by Gasteiger charge is 2.44. The van der Waals surface area contributed by atoms with Crippen LogP contribution in [0.15, 0.2) is 36.7 Å². The van der Waals surface area contributed by atoms with E-state index >= 15 is 0 Å². The van der Waals surface area contributed by atoms with Gasteiger partial charge in [0, 0.05) is 31.5 Å². The van der Waals surface area contributed by atoms with E-state index in [1.807, 2.05) is 0 Å². The van der Waals surface area contributed by atoms with Crippen molar-refractivity contribution in [3.05, 3.63) is 47.5 Å². The molecule has 0 radical (unpaired) electrons. The highest BCUT2D eigenvalue weighted by Crippen LogP contribution is 2.38. The third-order valence-electron chi connectivity index (χ3n) is 5.33. The first-order chi connectivity index (χ1) is 15.5. The lowest BCUT2D eigenvalue weighted by Gasteiger charge is -2.28. The third-order valence-corrected chi connectivity index (χ3v) is 5.62. The number of carbonyl (C=O) groups is 1. The van der Waals surface area contributed by atoms with Crippen molar-refractivity contribution in [3.63, 3.8) is 0 Å². The van der Waals surface area contributed by atoms with E-state index in [1.165, 1.54) is 26.6 Å². The van der Waals surface area contributed by atoms with Crippen molar-refractivity contribution in [2.24, 2.45) is 0 Å². The highest BCUT2D eigenvalue weighted by molar-refractivity contribution is 6.31. The van der Waals surface area contributed by atoms with Gasteiger partial charge in [0.2, 0.25) is 5.78 Å². The Morgan fingerprint density at radius 3 is 2.84 bits per heavy atom. The lowest BCUT2D eigenvalue weighted by Crippen LogP contribution is -2.48. The molecular formula is C22H22ClFN4O4. The first kappa shape index (κ1) is 22.2. The number of ketones is 1. The quantitative estimate of drug-likeness (QED) is 0.527. The van der Waals surface area contributed by atoms with Crippen molar-refractivity contribution in [1.82, 2.24) is 15.3 Å². The Morgan fingerprint density at radius 1 is 1.28 bits per heavy atom. The Bertz CT molecular complexity index is 1150. The molecule has 168 valence electrons. The number of aromatic nitrogens is 2. The first-order valence-electron chi connectivity index (χ1n) is 9.93. The van der Waals surface area contributed by atoms with Crippen molar-refractivity contribution in [3.8, 4) is 11.5 Å². The van der Waals surface area contributed by atoms with Gasteiger partial charge < -0.3 is 24.8 Å². The summed E-state index contributed by atoms with van der Waals surface area (Å²) in [5.74, 6) is 0.382. The Hall–Kier alpha value is -3.01. The second-order valence-electron chi connectivity index (χ2n) is 7.35. The number of carbonyl (C=O) groups excluding carboxylic acids is 1. The molecule has 2 N–H and O–H groups in total. The van der Waals surface area contributed by atoms with Crippen molar-refractivity contribution < 1.29 is 23.4 Å². The van der Waals surface area contributed by atoms with E-state index in [0.29, 0.717) is 47.7 Å². The predicted molar refractivity (Wildman–Crippen MR) is 119 cm³/mol. The topological polar surface area (TPSA) is 94.6 Å². The van der Waals surface area contributed by atoms with Gasteiger partial charge in [0.25, 0.3) is 0 Å². The Labute approximate surface area is 189 Å². The molecular weight excluding hydrogens is 439 g/mol. The summed E-state index contributed by atoms with van der Waals surface area (Å²) in [5, 5.41) is 6.70. The van der Waals surface area contributed by atoms with E-state index in [0.717, 1.165) is 0 Å². The van der Waals surface area contributed by atoms with Gasteiger partial charge in [0.15, 0.2) is 22.9 Å². The van der Waals surface area contributed by atoms with Gasteiger partial charge in [-0.25, -0.2) is 14.4 Å². The van der Waals surface area contributed by atoms with Crippen LogP contribution in [0, 0.1) is 5.82 Å². The number of nitrogens with one attached hydrogen (secondary N) is 2. The molecule has 1 saturated heterocycles. The maximum absolute atomic E-state index is 14.4. The van der Waals surface area contributed by atoms with Crippen LogP contribution in [-0.4, -0.2) is 55.3 Å². The van der Waals surface area contributed by atoms with Crippen molar-refractivity contribution in [2.75, 3.05) is 39.2 Å². The van der Waals surface area contributed by atoms with E-state index in [-0.39, 0.29) is 23.1 Å². The average Bonchev–Trinajstić information content (AvgIpc) is 3.26. The van der Waals surface area contributed by atoms with Crippen LogP contribution in [0.5, 0.6) is 11.5 Å². The fourth-order valence-electron chi connectivity index (χ4n) is 3.65. The number of methoxy groups -OCH3 is 2. The van der Waals surface area contributed by atoms with Crippen LogP contribution in [-0.2, 0) is 9.53 Å². The van der Waals surface area contributed by atoms with Crippen LogP contribution in [0.1, 0.15) is 6.42 Å². The number of Topliss-reactive ketones (excluding diaryl/α,β-unsaturated/α-hetero) is 1. The summed E-state index contributed by atoms with van der Waals surface area (Å²) in [5.41, 5.74) is -0.353. The maximum atomic E-state index is 14.4. The molecule has 10 heteroatoms. The van der Waals surface area contributed by atoms with Crippen molar-refractivity contribution in [1.29, 1.82) is 0 Å². The molecule has 1 fully saturated rings. The number of nitrogens with zero attached hydrogens (tertiary/aromatic N) is 2. The van der Waals surface area contributed by atoms with Crippen molar-refractivity contribution in [2.45, 2.75) is 12.0 Å². The van der Waals surface area contributed by atoms with E-state index in [1.54, 1.807) is 24.3 Å². The van der Waals surface area contributed by atoms with Gasteiger partial charge in [-0.05, 0) is 24.7 Å². The highest BCUT2D eigenvalue weighted by atomic mass is 35.5. The summed E-state index contributed by atoms with van der Waals surface area (Å²) in [6.07, 6.45) is 1.85. The largest absolute Gasteiger partial charge is 0.493 e. The number of hydrogen-bond donors (Lipinski definition) is 2. The smallest absolute Gasteiger partial charge is 0.203 e. The summed E-state index contributed by atoms with van der Waals surface area (Å²) >= 11 is 5.88. The van der Waals surface area contributed by atoms with E-state index < -0.39 is 11.4 Å². The van der Waals surface area contributed by atoms with Crippen LogP contribution in [0.2, 0.25) is 5.02 Å². The normalized spacial score (nSPS) is 18.0. The number of halogens is 2. The Balaban J connectivity index is 1.73. The number of fused-ring (bicyclic) bond motifs is 1. The molecule has 3 aromatic rings. The molecule has 1 aliphatic heterocycles. The molecule has 2 aromatic carbocycles. The molecule has 0 unspecified atom stereocenters. The minimum Gasteiger partial charge on any atom is -0.493 e. The fraction of sp³-hybridized carbons (Fsp3) is 0.318. The number of hydrogen-bond acceptors (Lipinski definition) is 8. The van der Waals surface area contributed by atoms with E-state index in [4.69, 9.17) is 25.8 Å². The zero-order chi connectivity index (χ0) is 22.7. The van der Waals surface area contributed by atoms with Crippen LogP contribution in [0.4, 0.5) is 15.9 Å². The number of benzene rings is 2. The van der Waals surface area contributed by atoms with Gasteiger partial charge in [-0.15, -0.1) is 0 Å². The number of anilines is 2. The minimum absolute atomic E-state index is 0.00201. The van der Waals surface area contributed by atoms with Gasteiger partial charge in [-0.2, -0.15) is 0 Å². The molecule has 0 amide bonds. The molecule has 0 bridgehead atoms.